The van der Waals surface area contributed by atoms with Gasteiger partial charge in [-0.15, -0.1) is 12.4 Å². The van der Waals surface area contributed by atoms with Crippen LogP contribution >= 0.6 is 12.4 Å². The minimum Gasteiger partial charge on any atom is -0.368 e. The number of nitrogens with one attached hydrogen (secondary N) is 1. The molecule has 0 spiro atoms. The predicted octanol–water partition coefficient (Wildman–Crippen LogP) is 1.55. The number of carbonyl (C=O) groups is 2. The van der Waals surface area contributed by atoms with Gasteiger partial charge in [-0.1, -0.05) is 20.3 Å². The summed E-state index contributed by atoms with van der Waals surface area (Å²) in [6, 6.07) is 0. The van der Waals surface area contributed by atoms with Crippen LogP contribution in [0.4, 0.5) is 0 Å². The Morgan fingerprint density at radius 2 is 2.14 bits per heavy atom. The van der Waals surface area contributed by atoms with Crippen molar-refractivity contribution in [2.24, 2.45) is 17.6 Å². The Labute approximate surface area is 134 Å². The van der Waals surface area contributed by atoms with E-state index in [9.17, 15) is 9.59 Å². The molecule has 0 saturated carbocycles. The molecule has 1 fully saturated rings. The third-order valence-electron chi connectivity index (χ3n) is 4.12. The molecule has 1 aliphatic rings. The number of primary amides is 1. The maximum absolute atomic E-state index is 12.3. The van der Waals surface area contributed by atoms with Crippen LogP contribution in [0.25, 0.3) is 0 Å². The molecule has 0 aliphatic carbocycles. The van der Waals surface area contributed by atoms with E-state index in [1.807, 2.05) is 0 Å². The van der Waals surface area contributed by atoms with Crippen molar-refractivity contribution >= 4 is 24.2 Å². The van der Waals surface area contributed by atoms with Crippen LogP contribution in [0.2, 0.25) is 0 Å². The van der Waals surface area contributed by atoms with Gasteiger partial charge in [0.2, 0.25) is 11.8 Å². The monoisotopic (exact) mass is 319 g/mol. The Balaban J connectivity index is 0.00000400. The van der Waals surface area contributed by atoms with Gasteiger partial charge in [-0.05, 0) is 44.2 Å². The molecule has 2 unspecified atom stereocenters. The molecule has 3 N–H and O–H groups in total. The average molecular weight is 320 g/mol. The lowest BCUT2D eigenvalue weighted by atomic mass is 9.85. The molecule has 1 saturated heterocycles. The summed E-state index contributed by atoms with van der Waals surface area (Å²) >= 11 is 0. The highest BCUT2D eigenvalue weighted by Gasteiger charge is 2.24. The highest BCUT2D eigenvalue weighted by Crippen LogP contribution is 2.23. The molecule has 5 nitrogen and oxygen atoms in total. The molecule has 1 aliphatic heterocycles. The van der Waals surface area contributed by atoms with Crippen LogP contribution in [0, 0.1) is 11.8 Å². The number of hydrogen-bond acceptors (Lipinski definition) is 3. The molecular formula is C15H30ClN3O2. The van der Waals surface area contributed by atoms with Crippen molar-refractivity contribution < 1.29 is 9.59 Å². The van der Waals surface area contributed by atoms with Crippen LogP contribution < -0.4 is 11.1 Å². The Morgan fingerprint density at radius 3 is 2.67 bits per heavy atom. The van der Waals surface area contributed by atoms with Gasteiger partial charge in [-0.25, -0.2) is 0 Å². The van der Waals surface area contributed by atoms with Gasteiger partial charge in [0.25, 0.3) is 0 Å². The number of amides is 2. The molecule has 1 rings (SSSR count). The van der Waals surface area contributed by atoms with Crippen LogP contribution in [-0.2, 0) is 9.59 Å². The normalized spacial score (nSPS) is 19.4. The number of piperidine rings is 1. The van der Waals surface area contributed by atoms with Crippen molar-refractivity contribution in [2.75, 3.05) is 26.2 Å². The first-order valence-corrected chi connectivity index (χ1v) is 7.81. The smallest absolute Gasteiger partial charge is 0.237 e. The Morgan fingerprint density at radius 1 is 1.43 bits per heavy atom. The molecule has 0 bridgehead atoms. The second-order valence-corrected chi connectivity index (χ2v) is 5.92. The van der Waals surface area contributed by atoms with Gasteiger partial charge >= 0.3 is 0 Å². The van der Waals surface area contributed by atoms with Gasteiger partial charge in [0, 0.05) is 13.0 Å². The lowest BCUT2D eigenvalue weighted by molar-refractivity contribution is -0.136. The molecule has 0 radical (unpaired) electrons. The number of nitrogens with two attached hydrogens (primary N) is 1. The molecular weight excluding hydrogens is 290 g/mol. The van der Waals surface area contributed by atoms with E-state index in [1.54, 1.807) is 4.90 Å². The molecule has 0 aromatic carbocycles. The number of nitrogens with zero attached hydrogens (tertiary/aromatic N) is 1. The fourth-order valence-corrected chi connectivity index (χ4v) is 2.76. The summed E-state index contributed by atoms with van der Waals surface area (Å²) in [7, 11) is 0. The highest BCUT2D eigenvalue weighted by atomic mass is 35.5. The van der Waals surface area contributed by atoms with Gasteiger partial charge < -0.3 is 16.0 Å². The van der Waals surface area contributed by atoms with Crippen molar-refractivity contribution in [3.8, 4) is 0 Å². The number of carbonyl (C=O) groups excluding carboxylic acids is 2. The molecule has 2 amide bonds. The highest BCUT2D eigenvalue weighted by molar-refractivity contribution is 5.85. The SMILES string of the molecule is CCCCN(CC(N)=O)C(=O)CC(C)C1CCCNC1.Cl. The fraction of sp³-hybridized carbons (Fsp3) is 0.867. The van der Waals surface area contributed by atoms with E-state index in [2.05, 4.69) is 19.2 Å². The summed E-state index contributed by atoms with van der Waals surface area (Å²) in [4.78, 5) is 25.0. The maximum atomic E-state index is 12.3. The largest absolute Gasteiger partial charge is 0.368 e. The molecule has 21 heavy (non-hydrogen) atoms. The van der Waals surface area contributed by atoms with Crippen LogP contribution in [0.3, 0.4) is 0 Å². The zero-order valence-corrected chi connectivity index (χ0v) is 14.1. The van der Waals surface area contributed by atoms with E-state index in [0.29, 0.717) is 24.8 Å². The van der Waals surface area contributed by atoms with Crippen molar-refractivity contribution in [3.05, 3.63) is 0 Å². The van der Waals surface area contributed by atoms with E-state index in [4.69, 9.17) is 5.73 Å². The standard InChI is InChI=1S/C15H29N3O2.ClH/c1-3-4-8-18(11-14(16)19)15(20)9-12(2)13-6-5-7-17-10-13;/h12-13,17H,3-11H2,1-2H3,(H2,16,19);1H. The average Bonchev–Trinajstić information content (AvgIpc) is 2.43. The van der Waals surface area contributed by atoms with Gasteiger partial charge in [0.05, 0.1) is 6.54 Å². The van der Waals surface area contributed by atoms with Crippen molar-refractivity contribution in [2.45, 2.75) is 46.0 Å². The van der Waals surface area contributed by atoms with E-state index >= 15 is 0 Å². The van der Waals surface area contributed by atoms with Gasteiger partial charge in [-0.2, -0.15) is 0 Å². The second kappa shape index (κ2) is 10.9. The minimum atomic E-state index is -0.429. The third kappa shape index (κ3) is 7.67. The van der Waals surface area contributed by atoms with Crippen LogP contribution in [0.1, 0.15) is 46.0 Å². The maximum Gasteiger partial charge on any atom is 0.237 e. The zero-order chi connectivity index (χ0) is 15.0. The van der Waals surface area contributed by atoms with Crippen molar-refractivity contribution in [1.29, 1.82) is 0 Å². The van der Waals surface area contributed by atoms with E-state index in [-0.39, 0.29) is 24.9 Å². The number of hydrogen-bond donors (Lipinski definition) is 2. The number of rotatable bonds is 8. The number of halogens is 1. The zero-order valence-electron chi connectivity index (χ0n) is 13.3. The fourth-order valence-electron chi connectivity index (χ4n) is 2.76. The first kappa shape index (κ1) is 20.2. The first-order chi connectivity index (χ1) is 9.54. The van der Waals surface area contributed by atoms with Gasteiger partial charge in [0.15, 0.2) is 0 Å². The summed E-state index contributed by atoms with van der Waals surface area (Å²) in [5.74, 6) is 0.554. The lowest BCUT2D eigenvalue weighted by Gasteiger charge is -2.30. The summed E-state index contributed by atoms with van der Waals surface area (Å²) in [6.45, 7) is 6.98. The van der Waals surface area contributed by atoms with Crippen LogP contribution in [-0.4, -0.2) is 42.9 Å². The van der Waals surface area contributed by atoms with Crippen LogP contribution in [0.5, 0.6) is 0 Å². The Hall–Kier alpha value is -0.810. The molecule has 6 heteroatoms. The summed E-state index contributed by atoms with van der Waals surface area (Å²) < 4.78 is 0. The summed E-state index contributed by atoms with van der Waals surface area (Å²) in [6.07, 6.45) is 4.81. The summed E-state index contributed by atoms with van der Waals surface area (Å²) in [5.41, 5.74) is 5.23. The molecule has 1 heterocycles. The minimum absolute atomic E-state index is 0. The van der Waals surface area contributed by atoms with Gasteiger partial charge in [-0.3, -0.25) is 9.59 Å². The Bertz CT molecular complexity index is 320. The van der Waals surface area contributed by atoms with E-state index in [0.717, 1.165) is 25.9 Å². The lowest BCUT2D eigenvalue weighted by Crippen LogP contribution is -2.41. The molecule has 0 aromatic rings. The summed E-state index contributed by atoms with van der Waals surface area (Å²) in [5, 5.41) is 3.39. The number of unbranched alkanes of at least 4 members (excludes halogenated alkanes) is 1. The third-order valence-corrected chi connectivity index (χ3v) is 4.12. The Kier molecular flexibility index (Phi) is 10.4. The molecule has 0 aromatic heterocycles. The second-order valence-electron chi connectivity index (χ2n) is 5.92. The molecule has 2 atom stereocenters. The topological polar surface area (TPSA) is 75.4 Å². The quantitative estimate of drug-likeness (QED) is 0.712. The molecule has 124 valence electrons. The van der Waals surface area contributed by atoms with E-state index < -0.39 is 5.91 Å². The van der Waals surface area contributed by atoms with Crippen LogP contribution in [0.15, 0.2) is 0 Å². The first-order valence-electron chi connectivity index (χ1n) is 7.81. The predicted molar refractivity (Wildman–Crippen MR) is 87.3 cm³/mol. The van der Waals surface area contributed by atoms with Crippen molar-refractivity contribution in [1.82, 2.24) is 10.2 Å². The van der Waals surface area contributed by atoms with Gasteiger partial charge in [0.1, 0.15) is 0 Å². The van der Waals surface area contributed by atoms with E-state index in [1.165, 1.54) is 12.8 Å². The van der Waals surface area contributed by atoms with Crippen molar-refractivity contribution in [3.63, 3.8) is 0 Å².